The third kappa shape index (κ3) is 2.54. The van der Waals surface area contributed by atoms with E-state index >= 15 is 0 Å². The molecular formula is C15H20ClN5O3. The summed E-state index contributed by atoms with van der Waals surface area (Å²) in [4.78, 5) is 43.0. The van der Waals surface area contributed by atoms with Crippen LogP contribution in [0.15, 0.2) is 9.59 Å². The topological polar surface area (TPSA) is 82.1 Å². The number of aromatic nitrogens is 4. The van der Waals surface area contributed by atoms with Gasteiger partial charge in [-0.25, -0.2) is 4.79 Å². The van der Waals surface area contributed by atoms with Crippen molar-refractivity contribution in [3.63, 3.8) is 0 Å². The molecule has 0 spiro atoms. The van der Waals surface area contributed by atoms with Crippen LogP contribution < -0.4 is 11.2 Å². The summed E-state index contributed by atoms with van der Waals surface area (Å²) in [7, 11) is 2.91. The van der Waals surface area contributed by atoms with Gasteiger partial charge in [0.05, 0.1) is 0 Å². The molecule has 1 aliphatic heterocycles. The Hall–Kier alpha value is -2.09. The highest BCUT2D eigenvalue weighted by Gasteiger charge is 2.26. The van der Waals surface area contributed by atoms with Crippen LogP contribution in [-0.2, 0) is 25.4 Å². The van der Waals surface area contributed by atoms with E-state index < -0.39 is 11.2 Å². The van der Waals surface area contributed by atoms with Crippen LogP contribution in [0.4, 0.5) is 0 Å². The van der Waals surface area contributed by atoms with E-state index in [9.17, 15) is 14.4 Å². The van der Waals surface area contributed by atoms with Crippen molar-refractivity contribution in [3.8, 4) is 0 Å². The first-order valence-corrected chi connectivity index (χ1v) is 8.32. The second-order valence-electron chi connectivity index (χ2n) is 6.28. The fourth-order valence-electron chi connectivity index (χ4n) is 3.26. The molecule has 0 bridgehead atoms. The third-order valence-electron chi connectivity index (χ3n) is 4.72. The van der Waals surface area contributed by atoms with Crippen molar-refractivity contribution in [1.29, 1.82) is 0 Å². The zero-order valence-corrected chi connectivity index (χ0v) is 14.7. The van der Waals surface area contributed by atoms with Crippen molar-refractivity contribution >= 4 is 28.7 Å². The van der Waals surface area contributed by atoms with Gasteiger partial charge in [-0.15, -0.1) is 0 Å². The van der Waals surface area contributed by atoms with Gasteiger partial charge in [-0.1, -0.05) is 0 Å². The van der Waals surface area contributed by atoms with Crippen LogP contribution in [-0.4, -0.2) is 42.1 Å². The molecule has 1 fully saturated rings. The van der Waals surface area contributed by atoms with E-state index in [4.69, 9.17) is 11.6 Å². The predicted molar refractivity (Wildman–Crippen MR) is 90.3 cm³/mol. The first-order valence-electron chi connectivity index (χ1n) is 7.94. The Morgan fingerprint density at radius 2 is 1.96 bits per heavy atom. The Labute approximate surface area is 143 Å². The van der Waals surface area contributed by atoms with E-state index in [2.05, 4.69) is 4.98 Å². The van der Waals surface area contributed by atoms with Gasteiger partial charge in [-0.05, 0) is 37.8 Å². The molecule has 0 saturated carbocycles. The number of piperidine rings is 1. The number of amides is 1. The number of aryl methyl sites for hydroxylation is 1. The van der Waals surface area contributed by atoms with Crippen LogP contribution >= 0.6 is 11.6 Å². The quantitative estimate of drug-likeness (QED) is 0.736. The number of hydrogen-bond acceptors (Lipinski definition) is 4. The summed E-state index contributed by atoms with van der Waals surface area (Å²) in [6, 6.07) is 0.173. The van der Waals surface area contributed by atoms with Gasteiger partial charge in [0.2, 0.25) is 11.2 Å². The molecule has 8 nitrogen and oxygen atoms in total. The van der Waals surface area contributed by atoms with Gasteiger partial charge in [0.15, 0.2) is 11.2 Å². The molecule has 2 aromatic rings. The molecule has 1 amide bonds. The maximum Gasteiger partial charge on any atom is 0.332 e. The fraction of sp³-hybridized carbons (Fsp3) is 0.600. The smallest absolute Gasteiger partial charge is 0.332 e. The van der Waals surface area contributed by atoms with Crippen molar-refractivity contribution in [1.82, 2.24) is 23.6 Å². The maximum atomic E-state index is 12.7. The number of hydrogen-bond donors (Lipinski definition) is 0. The molecule has 3 heterocycles. The van der Waals surface area contributed by atoms with Crippen LogP contribution in [0.5, 0.6) is 0 Å². The van der Waals surface area contributed by atoms with Crippen molar-refractivity contribution in [3.05, 3.63) is 26.1 Å². The zero-order chi connectivity index (χ0) is 17.6. The Morgan fingerprint density at radius 1 is 1.25 bits per heavy atom. The minimum atomic E-state index is -0.507. The van der Waals surface area contributed by atoms with Crippen molar-refractivity contribution in [2.24, 2.45) is 14.1 Å². The molecule has 9 heteroatoms. The molecule has 0 N–H and O–H groups in total. The van der Waals surface area contributed by atoms with E-state index in [-0.39, 0.29) is 34.9 Å². The second kappa shape index (κ2) is 6.08. The average molecular weight is 354 g/mol. The average Bonchev–Trinajstić information content (AvgIpc) is 2.88. The number of fused-ring (bicyclic) bond motifs is 1. The van der Waals surface area contributed by atoms with Gasteiger partial charge in [0.1, 0.15) is 6.54 Å². The summed E-state index contributed by atoms with van der Waals surface area (Å²) in [6.07, 6.45) is 3.06. The Kier molecular flexibility index (Phi) is 4.25. The van der Waals surface area contributed by atoms with Crippen molar-refractivity contribution < 1.29 is 4.79 Å². The first kappa shape index (κ1) is 16.8. The van der Waals surface area contributed by atoms with Crippen LogP contribution in [0.2, 0.25) is 5.28 Å². The fourth-order valence-corrected chi connectivity index (χ4v) is 3.48. The van der Waals surface area contributed by atoms with E-state index in [1.807, 2.05) is 11.8 Å². The molecule has 1 atom stereocenters. The second-order valence-corrected chi connectivity index (χ2v) is 6.61. The molecule has 24 heavy (non-hydrogen) atoms. The lowest BCUT2D eigenvalue weighted by Gasteiger charge is -2.33. The molecule has 130 valence electrons. The highest BCUT2D eigenvalue weighted by Crippen LogP contribution is 2.19. The number of nitrogens with zero attached hydrogens (tertiary/aromatic N) is 5. The summed E-state index contributed by atoms with van der Waals surface area (Å²) in [5.41, 5.74) is -0.632. The Balaban J connectivity index is 2.07. The molecule has 1 saturated heterocycles. The Bertz CT molecular complexity index is 926. The predicted octanol–water partition coefficient (Wildman–Crippen LogP) is 0.488. The molecule has 0 aliphatic carbocycles. The van der Waals surface area contributed by atoms with Gasteiger partial charge >= 0.3 is 5.69 Å². The Morgan fingerprint density at radius 3 is 2.62 bits per heavy atom. The minimum Gasteiger partial charge on any atom is -0.338 e. The summed E-state index contributed by atoms with van der Waals surface area (Å²) in [5, 5.41) is 0.0290. The SMILES string of the molecule is CC1CCCCN1C(=O)Cn1c(Cl)nc2c1c(=O)n(C)c(=O)n2C. The van der Waals surface area contributed by atoms with Crippen LogP contribution in [0.3, 0.4) is 0 Å². The monoisotopic (exact) mass is 353 g/mol. The lowest BCUT2D eigenvalue weighted by atomic mass is 10.0. The largest absolute Gasteiger partial charge is 0.338 e. The molecule has 0 aromatic carbocycles. The van der Waals surface area contributed by atoms with Crippen molar-refractivity contribution in [2.75, 3.05) is 6.54 Å². The number of carbonyl (C=O) groups is 1. The van der Waals surface area contributed by atoms with E-state index in [0.29, 0.717) is 6.54 Å². The normalized spacial score (nSPS) is 18.3. The molecular weight excluding hydrogens is 334 g/mol. The van der Waals surface area contributed by atoms with Gasteiger partial charge in [0, 0.05) is 26.7 Å². The van der Waals surface area contributed by atoms with Crippen molar-refractivity contribution in [2.45, 2.75) is 38.8 Å². The van der Waals surface area contributed by atoms with Gasteiger partial charge < -0.3 is 4.90 Å². The lowest BCUT2D eigenvalue weighted by molar-refractivity contribution is -0.135. The number of likely N-dealkylation sites (tertiary alicyclic amines) is 1. The summed E-state index contributed by atoms with van der Waals surface area (Å²) < 4.78 is 3.64. The summed E-state index contributed by atoms with van der Waals surface area (Å²) in [5.74, 6) is -0.0979. The standard InChI is InChI=1S/C15H20ClN5O3/c1-9-6-4-5-7-20(9)10(22)8-21-11-12(17-14(21)16)18(2)15(24)19(3)13(11)23/h9H,4-8H2,1-3H3. The zero-order valence-electron chi connectivity index (χ0n) is 14.0. The minimum absolute atomic E-state index is 0.0290. The number of carbonyl (C=O) groups excluding carboxylic acids is 1. The molecule has 3 rings (SSSR count). The molecule has 0 radical (unpaired) electrons. The van der Waals surface area contributed by atoms with Crippen LogP contribution in [0.25, 0.3) is 11.2 Å². The maximum absolute atomic E-state index is 12.7. The van der Waals surface area contributed by atoms with E-state index in [0.717, 1.165) is 23.8 Å². The third-order valence-corrected chi connectivity index (χ3v) is 5.01. The highest BCUT2D eigenvalue weighted by molar-refractivity contribution is 6.29. The molecule has 1 aliphatic rings. The number of imidazole rings is 1. The van der Waals surface area contributed by atoms with Crippen LogP contribution in [0, 0.1) is 0 Å². The lowest BCUT2D eigenvalue weighted by Crippen LogP contribution is -2.44. The summed E-state index contributed by atoms with van der Waals surface area (Å²) in [6.45, 7) is 2.67. The number of halogens is 1. The summed E-state index contributed by atoms with van der Waals surface area (Å²) >= 11 is 6.15. The number of rotatable bonds is 2. The van der Waals surface area contributed by atoms with Gasteiger partial charge in [-0.3, -0.25) is 23.3 Å². The van der Waals surface area contributed by atoms with Gasteiger partial charge in [-0.2, -0.15) is 4.98 Å². The van der Waals surface area contributed by atoms with Crippen LogP contribution in [0.1, 0.15) is 26.2 Å². The van der Waals surface area contributed by atoms with Gasteiger partial charge in [0.25, 0.3) is 5.56 Å². The van der Waals surface area contributed by atoms with E-state index in [1.54, 1.807) is 0 Å². The molecule has 2 aromatic heterocycles. The highest BCUT2D eigenvalue weighted by atomic mass is 35.5. The molecule has 1 unspecified atom stereocenters. The van der Waals surface area contributed by atoms with E-state index in [1.165, 1.54) is 23.2 Å². The first-order chi connectivity index (χ1) is 11.3.